The molecule has 0 saturated heterocycles. The zero-order valence-corrected chi connectivity index (χ0v) is 8.22. The van der Waals surface area contributed by atoms with Gasteiger partial charge in [-0.15, -0.1) is 0 Å². The fraction of sp³-hybridized carbons (Fsp3) is 0.889. The van der Waals surface area contributed by atoms with Crippen molar-refractivity contribution in [1.29, 1.82) is 1.43 Å². The molecule has 0 fully saturated rings. The molecule has 0 heterocycles. The standard InChI is InChI=1S/C9H18O3/c1-5-7(10)6-8(11)12-9(2,3)4/h7,10H,5-6H2,1-4H3/t7-/m0/s1/i10T. The number of rotatable bonds is 4. The average Bonchev–Trinajstić information content (AvgIpc) is 1.96. The molecule has 0 radical (unpaired) electrons. The Labute approximate surface area is 75.2 Å². The zero-order chi connectivity index (χ0) is 10.5. The SMILES string of the molecule is [3H]O[C@@H](CC)CC(=O)OC(C)(C)C. The van der Waals surface area contributed by atoms with Crippen LogP contribution in [0, 0.1) is 0 Å². The maximum absolute atomic E-state index is 11.2. The Morgan fingerprint density at radius 2 is 2.25 bits per heavy atom. The number of ether oxygens (including phenoxy) is 1. The summed E-state index contributed by atoms with van der Waals surface area (Å²) in [6.07, 6.45) is 0.440. The molecular weight excluding hydrogens is 156 g/mol. The van der Waals surface area contributed by atoms with Gasteiger partial charge in [-0.3, -0.25) is 4.79 Å². The Balaban J connectivity index is 3.86. The highest BCUT2D eigenvalue weighted by atomic mass is 16.6. The summed E-state index contributed by atoms with van der Waals surface area (Å²) in [4.78, 5) is 11.2. The maximum Gasteiger partial charge on any atom is 0.308 e. The molecule has 0 aromatic rings. The van der Waals surface area contributed by atoms with Crippen LogP contribution in [-0.2, 0) is 9.53 Å². The van der Waals surface area contributed by atoms with E-state index in [4.69, 9.17) is 6.17 Å². The molecule has 1 N–H and O–H groups in total. The van der Waals surface area contributed by atoms with Crippen LogP contribution < -0.4 is 0 Å². The Bertz CT molecular complexity index is 159. The monoisotopic (exact) mass is 176 g/mol. The summed E-state index contributed by atoms with van der Waals surface area (Å²) < 4.78 is 11.7. The normalized spacial score (nSPS) is 15.2. The molecule has 0 aliphatic heterocycles. The van der Waals surface area contributed by atoms with Crippen molar-refractivity contribution >= 4 is 5.97 Å². The third kappa shape index (κ3) is 6.16. The first kappa shape index (κ1) is 9.52. The van der Waals surface area contributed by atoms with Gasteiger partial charge in [-0.1, -0.05) is 6.92 Å². The minimum Gasteiger partial charge on any atom is -0.460 e. The van der Waals surface area contributed by atoms with E-state index in [1.165, 1.54) is 0 Å². The van der Waals surface area contributed by atoms with Gasteiger partial charge >= 0.3 is 5.97 Å². The van der Waals surface area contributed by atoms with E-state index in [9.17, 15) is 4.79 Å². The summed E-state index contributed by atoms with van der Waals surface area (Å²) in [5.41, 5.74) is -0.461. The largest absolute Gasteiger partial charge is 0.460 e. The fourth-order valence-corrected chi connectivity index (χ4v) is 0.713. The number of carbonyl (C=O) groups is 1. The van der Waals surface area contributed by atoms with Gasteiger partial charge in [-0.25, -0.2) is 0 Å². The first-order valence-electron chi connectivity index (χ1n) is 4.63. The van der Waals surface area contributed by atoms with Gasteiger partial charge in [0, 0.05) is 0 Å². The summed E-state index contributed by atoms with van der Waals surface area (Å²) in [5.74, 6) is -0.313. The van der Waals surface area contributed by atoms with Crippen molar-refractivity contribution in [3.63, 3.8) is 0 Å². The van der Waals surface area contributed by atoms with E-state index < -0.39 is 5.60 Å². The average molecular weight is 176 g/mol. The quantitative estimate of drug-likeness (QED) is 0.660. The lowest BCUT2D eigenvalue weighted by Gasteiger charge is -2.20. The second-order valence-corrected chi connectivity index (χ2v) is 3.82. The summed E-state index contributed by atoms with van der Waals surface area (Å²) in [5, 5.41) is 4.33. The van der Waals surface area contributed by atoms with Gasteiger partial charge in [0.2, 0.25) is 1.43 Å². The number of esters is 1. The van der Waals surface area contributed by atoms with Crippen LogP contribution in [0.2, 0.25) is 0 Å². The Hall–Kier alpha value is -0.570. The molecule has 3 heteroatoms. The van der Waals surface area contributed by atoms with E-state index in [1.807, 2.05) is 27.7 Å². The topological polar surface area (TPSA) is 46.5 Å². The fourth-order valence-electron chi connectivity index (χ4n) is 0.713. The molecule has 0 aliphatic rings. The summed E-state index contributed by atoms with van der Waals surface area (Å²) >= 11 is 0. The summed E-state index contributed by atoms with van der Waals surface area (Å²) in [6.45, 7) is 7.30. The van der Waals surface area contributed by atoms with Crippen molar-refractivity contribution in [2.75, 3.05) is 0 Å². The highest BCUT2D eigenvalue weighted by Crippen LogP contribution is 2.09. The molecular formula is C9H18O3. The van der Waals surface area contributed by atoms with Gasteiger partial charge < -0.3 is 9.85 Å². The highest BCUT2D eigenvalue weighted by Gasteiger charge is 2.18. The van der Waals surface area contributed by atoms with Gasteiger partial charge in [-0.05, 0) is 27.2 Å². The molecule has 72 valence electrons. The van der Waals surface area contributed by atoms with Crippen molar-refractivity contribution in [1.82, 2.24) is 0 Å². The van der Waals surface area contributed by atoms with Crippen molar-refractivity contribution in [2.24, 2.45) is 0 Å². The van der Waals surface area contributed by atoms with Crippen LogP contribution in [0.25, 0.3) is 0 Å². The molecule has 0 bridgehead atoms. The van der Waals surface area contributed by atoms with Gasteiger partial charge in [0.25, 0.3) is 0 Å². The van der Waals surface area contributed by atoms with E-state index in [0.29, 0.717) is 6.42 Å². The van der Waals surface area contributed by atoms with E-state index in [2.05, 4.69) is 5.11 Å². The van der Waals surface area contributed by atoms with Crippen LogP contribution in [0.4, 0.5) is 0 Å². The zero-order valence-electron chi connectivity index (χ0n) is 9.22. The van der Waals surface area contributed by atoms with Crippen LogP contribution in [0.15, 0.2) is 0 Å². The molecule has 12 heavy (non-hydrogen) atoms. The van der Waals surface area contributed by atoms with Gasteiger partial charge in [0.1, 0.15) is 5.60 Å². The second-order valence-electron chi connectivity index (χ2n) is 3.82. The van der Waals surface area contributed by atoms with Gasteiger partial charge in [0.15, 0.2) is 0 Å². The molecule has 0 amide bonds. The van der Waals surface area contributed by atoms with Gasteiger partial charge in [0.05, 0.1) is 12.5 Å². The molecule has 1 atom stereocenters. The smallest absolute Gasteiger partial charge is 0.308 e. The summed E-state index contributed by atoms with van der Waals surface area (Å²) in [7, 11) is 0. The predicted molar refractivity (Wildman–Crippen MR) is 46.8 cm³/mol. The minimum absolute atomic E-state index is 0.150. The van der Waals surface area contributed by atoms with Crippen molar-refractivity contribution < 1.29 is 14.6 Å². The molecule has 3 nitrogen and oxygen atoms in total. The van der Waals surface area contributed by atoms with Crippen molar-refractivity contribution in [3.05, 3.63) is 0 Å². The van der Waals surface area contributed by atoms with Crippen LogP contribution in [0.5, 0.6) is 0 Å². The Morgan fingerprint density at radius 1 is 1.67 bits per heavy atom. The molecule has 0 aromatic heterocycles. The lowest BCUT2D eigenvalue weighted by Crippen LogP contribution is -2.26. The Kier molecular flexibility index (Phi) is 3.53. The van der Waals surface area contributed by atoms with Crippen molar-refractivity contribution in [2.45, 2.75) is 52.2 Å². The third-order valence-electron chi connectivity index (χ3n) is 1.27. The molecule has 0 rings (SSSR count). The first-order valence-corrected chi connectivity index (χ1v) is 4.23. The molecule has 0 unspecified atom stereocenters. The van der Waals surface area contributed by atoms with Crippen LogP contribution in [0.1, 0.15) is 40.5 Å². The van der Waals surface area contributed by atoms with Crippen molar-refractivity contribution in [3.8, 4) is 0 Å². The number of aliphatic hydroxyl groups is 1. The highest BCUT2D eigenvalue weighted by molar-refractivity contribution is 5.70. The van der Waals surface area contributed by atoms with E-state index >= 15 is 0 Å². The molecule has 0 saturated carbocycles. The number of aliphatic hydroxyl groups excluding tert-OH is 1. The minimum atomic E-state index is -0.461. The second kappa shape index (κ2) is 4.45. The van der Waals surface area contributed by atoms with Crippen LogP contribution in [-0.4, -0.2) is 24.2 Å². The van der Waals surface area contributed by atoms with E-state index in [-0.39, 0.29) is 18.5 Å². The molecule has 0 aromatic carbocycles. The maximum atomic E-state index is 11.2. The van der Waals surface area contributed by atoms with Crippen LogP contribution in [0.3, 0.4) is 0 Å². The number of carbonyl (C=O) groups excluding carboxylic acids is 1. The summed E-state index contributed by atoms with van der Waals surface area (Å²) in [6, 6.07) is 0. The number of hydrogen-bond acceptors (Lipinski definition) is 3. The number of hydrogen-bond donors (Lipinski definition) is 1. The first-order chi connectivity index (χ1) is 5.89. The van der Waals surface area contributed by atoms with Crippen LogP contribution >= 0.6 is 0 Å². The predicted octanol–water partition coefficient (Wildman–Crippen LogP) is 1.49. The Morgan fingerprint density at radius 3 is 2.58 bits per heavy atom. The lowest BCUT2D eigenvalue weighted by molar-refractivity contribution is -0.157. The molecule has 0 spiro atoms. The van der Waals surface area contributed by atoms with Gasteiger partial charge in [-0.2, -0.15) is 0 Å². The third-order valence-corrected chi connectivity index (χ3v) is 1.27. The molecule has 0 aliphatic carbocycles. The van der Waals surface area contributed by atoms with E-state index in [0.717, 1.165) is 0 Å². The lowest BCUT2D eigenvalue weighted by atomic mass is 10.1. The van der Waals surface area contributed by atoms with E-state index in [1.54, 1.807) is 0 Å².